The van der Waals surface area contributed by atoms with E-state index in [4.69, 9.17) is 15.5 Å². The number of pyridine rings is 1. The standard InChI is InChI=1S/C25H25N3O4/c1-15(24(30)27-17-13-11-16(12-14-17)23(26)29)32-25(31)22-18-7-3-2-4-9-20(18)28-21-10-6-5-8-19(21)22/h5-6,8,10-15H,2-4,7,9H2,1H3,(H2,26,29)(H,27,30). The van der Waals surface area contributed by atoms with E-state index in [1.54, 1.807) is 12.1 Å². The van der Waals surface area contributed by atoms with Crippen molar-refractivity contribution in [3.05, 3.63) is 70.9 Å². The van der Waals surface area contributed by atoms with E-state index in [0.717, 1.165) is 54.3 Å². The van der Waals surface area contributed by atoms with Crippen LogP contribution < -0.4 is 11.1 Å². The summed E-state index contributed by atoms with van der Waals surface area (Å²) in [6.07, 6.45) is 3.72. The molecule has 1 heterocycles. The Morgan fingerprint density at radius 3 is 2.47 bits per heavy atom. The number of nitrogens with one attached hydrogen (secondary N) is 1. The second-order valence-corrected chi connectivity index (χ2v) is 7.97. The third-order valence-corrected chi connectivity index (χ3v) is 5.71. The summed E-state index contributed by atoms with van der Waals surface area (Å²) in [6, 6.07) is 13.7. The van der Waals surface area contributed by atoms with Crippen LogP contribution in [0.25, 0.3) is 10.9 Å². The first-order valence-electron chi connectivity index (χ1n) is 10.8. The van der Waals surface area contributed by atoms with E-state index in [0.29, 0.717) is 16.8 Å². The lowest BCUT2D eigenvalue weighted by Crippen LogP contribution is -2.30. The zero-order valence-electron chi connectivity index (χ0n) is 17.9. The predicted molar refractivity (Wildman–Crippen MR) is 121 cm³/mol. The van der Waals surface area contributed by atoms with Crippen LogP contribution in [0.4, 0.5) is 5.69 Å². The highest BCUT2D eigenvalue weighted by Gasteiger charge is 2.26. The second-order valence-electron chi connectivity index (χ2n) is 7.97. The molecule has 0 bridgehead atoms. The van der Waals surface area contributed by atoms with Gasteiger partial charge in [0.1, 0.15) is 0 Å². The molecular weight excluding hydrogens is 406 g/mol. The van der Waals surface area contributed by atoms with Gasteiger partial charge in [-0.15, -0.1) is 0 Å². The molecule has 2 amide bonds. The number of carbonyl (C=O) groups is 3. The first-order chi connectivity index (χ1) is 15.4. The number of aromatic nitrogens is 1. The minimum atomic E-state index is -1.01. The molecule has 7 heteroatoms. The number of aryl methyl sites for hydroxylation is 1. The maximum Gasteiger partial charge on any atom is 0.339 e. The lowest BCUT2D eigenvalue weighted by molar-refractivity contribution is -0.123. The smallest absolute Gasteiger partial charge is 0.339 e. The third-order valence-electron chi connectivity index (χ3n) is 5.71. The number of para-hydroxylation sites is 1. The van der Waals surface area contributed by atoms with Crippen LogP contribution in [-0.4, -0.2) is 28.9 Å². The Morgan fingerprint density at radius 2 is 1.72 bits per heavy atom. The number of nitrogens with zero attached hydrogens (tertiary/aromatic N) is 1. The van der Waals surface area contributed by atoms with Gasteiger partial charge in [-0.3, -0.25) is 14.6 Å². The minimum absolute atomic E-state index is 0.340. The Labute approximate surface area is 186 Å². The average molecular weight is 431 g/mol. The quantitative estimate of drug-likeness (QED) is 0.472. The summed E-state index contributed by atoms with van der Waals surface area (Å²) in [5.41, 5.74) is 9.20. The molecule has 1 unspecified atom stereocenters. The number of hydrogen-bond acceptors (Lipinski definition) is 5. The molecule has 1 aliphatic carbocycles. The minimum Gasteiger partial charge on any atom is -0.449 e. The number of nitrogens with two attached hydrogens (primary N) is 1. The van der Waals surface area contributed by atoms with Crippen molar-refractivity contribution in [2.24, 2.45) is 5.73 Å². The molecule has 0 spiro atoms. The van der Waals surface area contributed by atoms with E-state index in [-0.39, 0.29) is 0 Å². The number of primary amides is 1. The lowest BCUT2D eigenvalue weighted by Gasteiger charge is -2.18. The monoisotopic (exact) mass is 431 g/mol. The molecule has 3 N–H and O–H groups in total. The zero-order chi connectivity index (χ0) is 22.7. The van der Waals surface area contributed by atoms with Gasteiger partial charge in [0.25, 0.3) is 5.91 Å². The van der Waals surface area contributed by atoms with Gasteiger partial charge >= 0.3 is 5.97 Å². The Bertz CT molecular complexity index is 1190. The molecule has 0 saturated heterocycles. The number of esters is 1. The molecule has 3 aromatic rings. The molecule has 0 fully saturated rings. The van der Waals surface area contributed by atoms with Crippen molar-refractivity contribution < 1.29 is 19.1 Å². The second kappa shape index (κ2) is 9.18. The highest BCUT2D eigenvalue weighted by molar-refractivity contribution is 6.06. The maximum absolute atomic E-state index is 13.2. The van der Waals surface area contributed by atoms with Crippen LogP contribution in [-0.2, 0) is 22.4 Å². The number of amides is 2. The first-order valence-corrected chi connectivity index (χ1v) is 10.8. The molecule has 7 nitrogen and oxygen atoms in total. The molecule has 1 aliphatic rings. The molecule has 0 aliphatic heterocycles. The van der Waals surface area contributed by atoms with Crippen molar-refractivity contribution in [3.8, 4) is 0 Å². The molecule has 1 atom stereocenters. The van der Waals surface area contributed by atoms with Gasteiger partial charge < -0.3 is 15.8 Å². The number of anilines is 1. The molecule has 2 aromatic carbocycles. The largest absolute Gasteiger partial charge is 0.449 e. The van der Waals surface area contributed by atoms with Crippen LogP contribution in [0.2, 0.25) is 0 Å². The van der Waals surface area contributed by atoms with E-state index in [1.165, 1.54) is 19.1 Å². The summed E-state index contributed by atoms with van der Waals surface area (Å²) in [5.74, 6) is -1.53. The number of hydrogen-bond donors (Lipinski definition) is 2. The van der Waals surface area contributed by atoms with Crippen molar-refractivity contribution in [2.75, 3.05) is 5.32 Å². The summed E-state index contributed by atoms with van der Waals surface area (Å²) in [6.45, 7) is 1.53. The van der Waals surface area contributed by atoms with Crippen LogP contribution in [0.1, 0.15) is 58.2 Å². The van der Waals surface area contributed by atoms with Gasteiger partial charge in [-0.1, -0.05) is 24.6 Å². The Balaban J connectivity index is 1.56. The molecule has 0 saturated carbocycles. The van der Waals surface area contributed by atoms with E-state index < -0.39 is 23.9 Å². The SMILES string of the molecule is CC(OC(=O)c1c2c(nc3ccccc13)CCCCC2)C(=O)Nc1ccc(C(N)=O)cc1. The van der Waals surface area contributed by atoms with Gasteiger partial charge in [0, 0.05) is 22.3 Å². The fourth-order valence-corrected chi connectivity index (χ4v) is 4.02. The molecule has 32 heavy (non-hydrogen) atoms. The van der Waals surface area contributed by atoms with Gasteiger partial charge in [0.15, 0.2) is 6.10 Å². The van der Waals surface area contributed by atoms with Crippen molar-refractivity contribution in [1.29, 1.82) is 0 Å². The van der Waals surface area contributed by atoms with E-state index in [9.17, 15) is 14.4 Å². The number of fused-ring (bicyclic) bond motifs is 2. The summed E-state index contributed by atoms with van der Waals surface area (Å²) >= 11 is 0. The fraction of sp³-hybridized carbons (Fsp3) is 0.280. The first kappa shape index (κ1) is 21.5. The van der Waals surface area contributed by atoms with Gasteiger partial charge in [-0.05, 0) is 68.5 Å². The van der Waals surface area contributed by atoms with Crippen LogP contribution in [0.3, 0.4) is 0 Å². The fourth-order valence-electron chi connectivity index (χ4n) is 4.02. The third kappa shape index (κ3) is 4.46. The van der Waals surface area contributed by atoms with Crippen molar-refractivity contribution in [2.45, 2.75) is 45.1 Å². The number of rotatable bonds is 5. The lowest BCUT2D eigenvalue weighted by atomic mass is 9.97. The number of benzene rings is 2. The normalized spacial score (nSPS) is 14.2. The topological polar surface area (TPSA) is 111 Å². The summed E-state index contributed by atoms with van der Waals surface area (Å²) < 4.78 is 5.59. The summed E-state index contributed by atoms with van der Waals surface area (Å²) in [5, 5.41) is 3.44. The van der Waals surface area contributed by atoms with Gasteiger partial charge in [0.2, 0.25) is 5.91 Å². The van der Waals surface area contributed by atoms with Crippen LogP contribution in [0, 0.1) is 0 Å². The van der Waals surface area contributed by atoms with Gasteiger partial charge in [-0.25, -0.2) is 4.79 Å². The molecular formula is C25H25N3O4. The van der Waals surface area contributed by atoms with E-state index in [1.807, 2.05) is 24.3 Å². The Hall–Kier alpha value is -3.74. The average Bonchev–Trinajstić information content (AvgIpc) is 3.02. The maximum atomic E-state index is 13.2. The summed E-state index contributed by atoms with van der Waals surface area (Å²) in [7, 11) is 0. The van der Waals surface area contributed by atoms with Crippen molar-refractivity contribution in [1.82, 2.24) is 4.98 Å². The molecule has 164 valence electrons. The Morgan fingerprint density at radius 1 is 1.00 bits per heavy atom. The molecule has 0 radical (unpaired) electrons. The van der Waals surface area contributed by atoms with Gasteiger partial charge in [-0.2, -0.15) is 0 Å². The molecule has 1 aromatic heterocycles. The molecule has 4 rings (SSSR count). The van der Waals surface area contributed by atoms with Gasteiger partial charge in [0.05, 0.1) is 11.1 Å². The highest BCUT2D eigenvalue weighted by atomic mass is 16.5. The van der Waals surface area contributed by atoms with Crippen LogP contribution in [0.15, 0.2) is 48.5 Å². The number of ether oxygens (including phenoxy) is 1. The van der Waals surface area contributed by atoms with Crippen molar-refractivity contribution >= 4 is 34.4 Å². The Kier molecular flexibility index (Phi) is 6.16. The van der Waals surface area contributed by atoms with Crippen molar-refractivity contribution in [3.63, 3.8) is 0 Å². The van der Waals surface area contributed by atoms with Crippen LogP contribution in [0.5, 0.6) is 0 Å². The highest BCUT2D eigenvalue weighted by Crippen LogP contribution is 2.29. The number of carbonyl (C=O) groups excluding carboxylic acids is 3. The zero-order valence-corrected chi connectivity index (χ0v) is 17.9. The summed E-state index contributed by atoms with van der Waals surface area (Å²) in [4.78, 5) is 41.8. The van der Waals surface area contributed by atoms with E-state index >= 15 is 0 Å². The van der Waals surface area contributed by atoms with Crippen LogP contribution >= 0.6 is 0 Å². The van der Waals surface area contributed by atoms with E-state index in [2.05, 4.69) is 5.32 Å². The predicted octanol–water partition coefficient (Wildman–Crippen LogP) is 3.79.